The highest BCUT2D eigenvalue weighted by molar-refractivity contribution is 9.10. The Hall–Kier alpha value is -3.00. The molecule has 6 nitrogen and oxygen atoms in total. The lowest BCUT2D eigenvalue weighted by molar-refractivity contribution is -0.116. The number of nitrogens with one attached hydrogen (secondary N) is 2. The number of carbonyl (C=O) groups is 2. The Morgan fingerprint density at radius 3 is 2.59 bits per heavy atom. The van der Waals surface area contributed by atoms with Gasteiger partial charge in [-0.1, -0.05) is 15.9 Å². The molecule has 0 bridgehead atoms. The second-order valence-electron chi connectivity index (χ2n) is 5.70. The molecule has 0 aliphatic heterocycles. The highest BCUT2D eigenvalue weighted by atomic mass is 79.9. The van der Waals surface area contributed by atoms with E-state index < -0.39 is 5.82 Å². The highest BCUT2D eigenvalue weighted by Crippen LogP contribution is 2.18. The molecule has 138 valence electrons. The molecule has 0 fully saturated rings. The molecule has 2 amide bonds. The van der Waals surface area contributed by atoms with E-state index in [9.17, 15) is 14.0 Å². The Morgan fingerprint density at radius 1 is 1.15 bits per heavy atom. The van der Waals surface area contributed by atoms with Gasteiger partial charge >= 0.3 is 0 Å². The molecule has 1 heterocycles. The molecular weight excluding hydrogens is 415 g/mol. The van der Waals surface area contributed by atoms with E-state index in [-0.39, 0.29) is 24.8 Å². The van der Waals surface area contributed by atoms with E-state index in [4.69, 9.17) is 0 Å². The van der Waals surface area contributed by atoms with Gasteiger partial charge in [-0.15, -0.1) is 0 Å². The van der Waals surface area contributed by atoms with E-state index >= 15 is 0 Å². The summed E-state index contributed by atoms with van der Waals surface area (Å²) in [5.74, 6) is -1.05. The van der Waals surface area contributed by atoms with E-state index in [1.165, 1.54) is 12.4 Å². The van der Waals surface area contributed by atoms with Gasteiger partial charge in [0.05, 0.1) is 12.0 Å². The molecule has 0 aliphatic carbocycles. The van der Waals surface area contributed by atoms with E-state index in [0.717, 1.165) is 4.47 Å². The van der Waals surface area contributed by atoms with Crippen molar-refractivity contribution in [2.75, 3.05) is 11.9 Å². The topological polar surface area (TPSA) is 76.0 Å². The SMILES string of the molecule is O=C(CCNC(=O)c1ccc(Br)cc1)Nc1ccc(-n2ccnc2)c(F)c1. The van der Waals surface area contributed by atoms with Gasteiger partial charge in [0.1, 0.15) is 5.82 Å². The van der Waals surface area contributed by atoms with Crippen LogP contribution in [0.1, 0.15) is 16.8 Å². The third-order valence-electron chi connectivity index (χ3n) is 3.76. The molecule has 0 spiro atoms. The summed E-state index contributed by atoms with van der Waals surface area (Å²) in [6.45, 7) is 0.177. The number of benzene rings is 2. The molecule has 0 unspecified atom stereocenters. The van der Waals surface area contributed by atoms with E-state index in [1.54, 1.807) is 53.4 Å². The van der Waals surface area contributed by atoms with Crippen LogP contribution >= 0.6 is 15.9 Å². The van der Waals surface area contributed by atoms with Crippen molar-refractivity contribution < 1.29 is 14.0 Å². The van der Waals surface area contributed by atoms with Gasteiger partial charge < -0.3 is 15.2 Å². The number of rotatable bonds is 6. The van der Waals surface area contributed by atoms with Gasteiger partial charge in [-0.2, -0.15) is 0 Å². The molecule has 0 radical (unpaired) electrons. The number of hydrogen-bond donors (Lipinski definition) is 2. The van der Waals surface area contributed by atoms with Crippen molar-refractivity contribution in [2.24, 2.45) is 0 Å². The Balaban J connectivity index is 1.50. The van der Waals surface area contributed by atoms with E-state index in [1.807, 2.05) is 0 Å². The summed E-state index contributed by atoms with van der Waals surface area (Å²) >= 11 is 3.30. The Bertz CT molecular complexity index is 943. The first-order chi connectivity index (χ1) is 13.0. The standard InChI is InChI=1S/C19H16BrFN4O2/c20-14-3-1-13(2-4-14)19(27)23-8-7-18(26)24-15-5-6-17(16(21)11-15)25-10-9-22-12-25/h1-6,9-12H,7-8H2,(H,23,27)(H,24,26). The van der Waals surface area contributed by atoms with Crippen molar-refractivity contribution in [2.45, 2.75) is 6.42 Å². The molecule has 3 aromatic rings. The van der Waals surface area contributed by atoms with Gasteiger partial charge in [-0.3, -0.25) is 9.59 Å². The minimum Gasteiger partial charge on any atom is -0.352 e. The van der Waals surface area contributed by atoms with Gasteiger partial charge in [0, 0.05) is 41.1 Å². The summed E-state index contributed by atoms with van der Waals surface area (Å²) in [5, 5.41) is 5.29. The van der Waals surface area contributed by atoms with E-state index in [2.05, 4.69) is 31.5 Å². The van der Waals surface area contributed by atoms with Gasteiger partial charge in [0.2, 0.25) is 5.91 Å². The third-order valence-corrected chi connectivity index (χ3v) is 4.29. The van der Waals surface area contributed by atoms with Crippen molar-refractivity contribution in [1.82, 2.24) is 14.9 Å². The molecule has 0 aliphatic rings. The fourth-order valence-electron chi connectivity index (χ4n) is 2.41. The maximum atomic E-state index is 14.2. The van der Waals surface area contributed by atoms with Crippen molar-refractivity contribution in [3.8, 4) is 5.69 Å². The maximum Gasteiger partial charge on any atom is 0.251 e. The third kappa shape index (κ3) is 5.01. The summed E-state index contributed by atoms with van der Waals surface area (Å²) in [4.78, 5) is 27.8. The monoisotopic (exact) mass is 430 g/mol. The van der Waals surface area contributed by atoms with Crippen molar-refractivity contribution >= 4 is 33.4 Å². The van der Waals surface area contributed by atoms with Gasteiger partial charge in [0.15, 0.2) is 0 Å². The number of nitrogens with zero attached hydrogens (tertiary/aromatic N) is 2. The Kier molecular flexibility index (Phi) is 5.97. The maximum absolute atomic E-state index is 14.2. The number of amides is 2. The quantitative estimate of drug-likeness (QED) is 0.627. The summed E-state index contributed by atoms with van der Waals surface area (Å²) in [7, 11) is 0. The van der Waals surface area contributed by atoms with Gasteiger partial charge in [0.25, 0.3) is 5.91 Å². The van der Waals surface area contributed by atoms with Crippen LogP contribution in [-0.2, 0) is 4.79 Å². The minimum absolute atomic E-state index is 0.0765. The Morgan fingerprint density at radius 2 is 1.93 bits per heavy atom. The average Bonchev–Trinajstić information content (AvgIpc) is 3.16. The summed E-state index contributed by atoms with van der Waals surface area (Å²) < 4.78 is 16.6. The molecule has 0 saturated carbocycles. The molecule has 27 heavy (non-hydrogen) atoms. The van der Waals surface area contributed by atoms with Crippen molar-refractivity contribution in [1.29, 1.82) is 0 Å². The predicted octanol–water partition coefficient (Wildman–Crippen LogP) is 3.53. The molecule has 2 aromatic carbocycles. The van der Waals surface area contributed by atoms with Crippen LogP contribution in [0.2, 0.25) is 0 Å². The molecule has 8 heteroatoms. The number of halogens is 2. The minimum atomic E-state index is -0.477. The van der Waals surface area contributed by atoms with Crippen LogP contribution in [0, 0.1) is 5.82 Å². The first-order valence-electron chi connectivity index (χ1n) is 8.14. The van der Waals surface area contributed by atoms with Crippen LogP contribution in [0.15, 0.2) is 65.7 Å². The van der Waals surface area contributed by atoms with Crippen molar-refractivity contribution in [3.63, 3.8) is 0 Å². The van der Waals surface area contributed by atoms with Crippen LogP contribution < -0.4 is 10.6 Å². The second kappa shape index (κ2) is 8.59. The molecule has 2 N–H and O–H groups in total. The number of aromatic nitrogens is 2. The second-order valence-corrected chi connectivity index (χ2v) is 6.61. The Labute approximate surface area is 163 Å². The number of anilines is 1. The summed E-state index contributed by atoms with van der Waals surface area (Å²) in [6, 6.07) is 11.3. The molecule has 0 saturated heterocycles. The van der Waals surface area contributed by atoms with Crippen LogP contribution in [-0.4, -0.2) is 27.9 Å². The van der Waals surface area contributed by atoms with Crippen LogP contribution in [0.3, 0.4) is 0 Å². The van der Waals surface area contributed by atoms with Crippen LogP contribution in [0.4, 0.5) is 10.1 Å². The highest BCUT2D eigenvalue weighted by Gasteiger charge is 2.09. The zero-order valence-electron chi connectivity index (χ0n) is 14.2. The average molecular weight is 431 g/mol. The molecule has 3 rings (SSSR count). The van der Waals surface area contributed by atoms with Gasteiger partial charge in [-0.25, -0.2) is 9.37 Å². The molecule has 0 atom stereocenters. The molecular formula is C19H16BrFN4O2. The lowest BCUT2D eigenvalue weighted by atomic mass is 10.2. The summed E-state index contributed by atoms with van der Waals surface area (Å²) in [6.07, 6.45) is 4.75. The first-order valence-corrected chi connectivity index (χ1v) is 8.94. The zero-order valence-corrected chi connectivity index (χ0v) is 15.7. The predicted molar refractivity (Wildman–Crippen MR) is 103 cm³/mol. The number of hydrogen-bond acceptors (Lipinski definition) is 3. The lowest BCUT2D eigenvalue weighted by Crippen LogP contribution is -2.27. The normalized spacial score (nSPS) is 10.4. The summed E-state index contributed by atoms with van der Waals surface area (Å²) in [5.41, 5.74) is 1.20. The lowest BCUT2D eigenvalue weighted by Gasteiger charge is -2.09. The van der Waals surface area contributed by atoms with Crippen LogP contribution in [0.5, 0.6) is 0 Å². The zero-order chi connectivity index (χ0) is 19.2. The first kappa shape index (κ1) is 18.8. The molecule has 1 aromatic heterocycles. The van der Waals surface area contributed by atoms with Gasteiger partial charge in [-0.05, 0) is 42.5 Å². The van der Waals surface area contributed by atoms with Crippen LogP contribution in [0.25, 0.3) is 5.69 Å². The smallest absolute Gasteiger partial charge is 0.251 e. The van der Waals surface area contributed by atoms with E-state index in [0.29, 0.717) is 16.9 Å². The fourth-order valence-corrected chi connectivity index (χ4v) is 2.68. The fraction of sp³-hybridized carbons (Fsp3) is 0.105. The largest absolute Gasteiger partial charge is 0.352 e. The van der Waals surface area contributed by atoms with Crippen molar-refractivity contribution in [3.05, 3.63) is 77.0 Å². The number of carbonyl (C=O) groups excluding carboxylic acids is 2. The number of imidazole rings is 1.